The molecule has 4 aromatic carbocycles. The molecule has 0 aliphatic heterocycles. The molecule has 0 unspecified atom stereocenters. The SMILES string of the molecule is O=C(CNc1ccccc1OCCOc1ccccc1)Nc1ccc(OCCCc2ccccc2)cc1. The molecule has 4 rings (SSSR count). The molecule has 0 aromatic heterocycles. The van der Waals surface area contributed by atoms with Gasteiger partial charge in [0.1, 0.15) is 30.5 Å². The van der Waals surface area contributed by atoms with E-state index in [0.717, 1.165) is 30.0 Å². The molecule has 2 N–H and O–H groups in total. The van der Waals surface area contributed by atoms with Gasteiger partial charge in [0.2, 0.25) is 5.91 Å². The van der Waals surface area contributed by atoms with Gasteiger partial charge in [-0.1, -0.05) is 60.7 Å². The molecular formula is C31H32N2O4. The maximum atomic E-state index is 12.5. The maximum absolute atomic E-state index is 12.5. The molecule has 0 saturated heterocycles. The van der Waals surface area contributed by atoms with Gasteiger partial charge in [-0.05, 0) is 66.9 Å². The fourth-order valence-corrected chi connectivity index (χ4v) is 3.69. The van der Waals surface area contributed by atoms with E-state index in [1.54, 1.807) is 0 Å². The second-order valence-electron chi connectivity index (χ2n) is 8.37. The van der Waals surface area contributed by atoms with Crippen molar-refractivity contribution in [2.24, 2.45) is 0 Å². The highest BCUT2D eigenvalue weighted by atomic mass is 16.5. The third kappa shape index (κ3) is 8.93. The first-order chi connectivity index (χ1) is 18.3. The average molecular weight is 497 g/mol. The van der Waals surface area contributed by atoms with Gasteiger partial charge in [0.25, 0.3) is 0 Å². The lowest BCUT2D eigenvalue weighted by Crippen LogP contribution is -2.22. The topological polar surface area (TPSA) is 68.8 Å². The molecule has 0 radical (unpaired) electrons. The summed E-state index contributed by atoms with van der Waals surface area (Å²) in [4.78, 5) is 12.5. The summed E-state index contributed by atoms with van der Waals surface area (Å²) < 4.78 is 17.3. The molecule has 6 heteroatoms. The van der Waals surface area contributed by atoms with Gasteiger partial charge in [-0.15, -0.1) is 0 Å². The Labute approximate surface area is 218 Å². The van der Waals surface area contributed by atoms with Crippen LogP contribution in [0.3, 0.4) is 0 Å². The number of nitrogens with one attached hydrogen (secondary N) is 2. The number of amides is 1. The Kier molecular flexibility index (Phi) is 9.83. The van der Waals surface area contributed by atoms with Crippen LogP contribution >= 0.6 is 0 Å². The van der Waals surface area contributed by atoms with Crippen LogP contribution in [0.25, 0.3) is 0 Å². The number of carbonyl (C=O) groups is 1. The van der Waals surface area contributed by atoms with Crippen molar-refractivity contribution in [2.75, 3.05) is 37.0 Å². The summed E-state index contributed by atoms with van der Waals surface area (Å²) in [5, 5.41) is 6.05. The standard InChI is InChI=1S/C31H32N2O4/c34-31(33-26-17-19-28(20-18-26)35-21-9-12-25-10-3-1-4-11-25)24-32-29-15-7-8-16-30(29)37-23-22-36-27-13-5-2-6-14-27/h1-8,10-11,13-20,32H,9,12,21-24H2,(H,33,34). The molecule has 0 heterocycles. The van der Waals surface area contributed by atoms with Crippen molar-refractivity contribution < 1.29 is 19.0 Å². The number of hydrogen-bond donors (Lipinski definition) is 2. The molecule has 6 nitrogen and oxygen atoms in total. The molecule has 4 aromatic rings. The molecule has 190 valence electrons. The molecule has 0 spiro atoms. The zero-order valence-electron chi connectivity index (χ0n) is 20.8. The summed E-state index contributed by atoms with van der Waals surface area (Å²) in [7, 11) is 0. The van der Waals surface area contributed by atoms with E-state index in [1.165, 1.54) is 5.56 Å². The van der Waals surface area contributed by atoms with Crippen LogP contribution in [0.5, 0.6) is 17.2 Å². The predicted octanol–water partition coefficient (Wildman–Crippen LogP) is 6.21. The number of rotatable bonds is 14. The number of ether oxygens (including phenoxy) is 3. The van der Waals surface area contributed by atoms with Gasteiger partial charge in [0.15, 0.2) is 0 Å². The van der Waals surface area contributed by atoms with Crippen molar-refractivity contribution >= 4 is 17.3 Å². The maximum Gasteiger partial charge on any atom is 0.243 e. The minimum Gasteiger partial charge on any atom is -0.494 e. The number of carbonyl (C=O) groups excluding carboxylic acids is 1. The molecule has 0 bridgehead atoms. The van der Waals surface area contributed by atoms with Gasteiger partial charge in [-0.2, -0.15) is 0 Å². The zero-order valence-corrected chi connectivity index (χ0v) is 20.8. The summed E-state index contributed by atoms with van der Waals surface area (Å²) in [5.74, 6) is 2.10. The summed E-state index contributed by atoms with van der Waals surface area (Å²) >= 11 is 0. The summed E-state index contributed by atoms with van der Waals surface area (Å²) in [6, 6.07) is 34.9. The highest BCUT2D eigenvalue weighted by Crippen LogP contribution is 2.23. The van der Waals surface area contributed by atoms with Crippen molar-refractivity contribution in [2.45, 2.75) is 12.8 Å². The highest BCUT2D eigenvalue weighted by Gasteiger charge is 2.07. The third-order valence-electron chi connectivity index (χ3n) is 5.54. The second kappa shape index (κ2) is 14.2. The molecule has 0 atom stereocenters. The van der Waals surface area contributed by atoms with Gasteiger partial charge in [-0.25, -0.2) is 0 Å². The van der Waals surface area contributed by atoms with Gasteiger partial charge in [0.05, 0.1) is 18.8 Å². The predicted molar refractivity (Wildman–Crippen MR) is 148 cm³/mol. The molecular weight excluding hydrogens is 464 g/mol. The number of para-hydroxylation sites is 3. The van der Waals surface area contributed by atoms with Crippen molar-refractivity contribution in [1.82, 2.24) is 0 Å². The molecule has 0 aliphatic carbocycles. The first-order valence-electron chi connectivity index (χ1n) is 12.5. The third-order valence-corrected chi connectivity index (χ3v) is 5.54. The first kappa shape index (κ1) is 25.6. The van der Waals surface area contributed by atoms with E-state index in [4.69, 9.17) is 14.2 Å². The molecule has 1 amide bonds. The van der Waals surface area contributed by atoms with Crippen LogP contribution in [0.4, 0.5) is 11.4 Å². The van der Waals surface area contributed by atoms with E-state index in [0.29, 0.717) is 31.3 Å². The first-order valence-corrected chi connectivity index (χ1v) is 12.5. The van der Waals surface area contributed by atoms with E-state index >= 15 is 0 Å². The van der Waals surface area contributed by atoms with E-state index < -0.39 is 0 Å². The lowest BCUT2D eigenvalue weighted by molar-refractivity contribution is -0.114. The Balaban J connectivity index is 1.16. The second-order valence-corrected chi connectivity index (χ2v) is 8.37. The average Bonchev–Trinajstić information content (AvgIpc) is 2.95. The van der Waals surface area contributed by atoms with Crippen molar-refractivity contribution in [3.05, 3.63) is 115 Å². The van der Waals surface area contributed by atoms with Crippen LogP contribution in [-0.2, 0) is 11.2 Å². The van der Waals surface area contributed by atoms with E-state index in [1.807, 2.05) is 84.9 Å². The quantitative estimate of drug-likeness (QED) is 0.203. The lowest BCUT2D eigenvalue weighted by Gasteiger charge is -2.14. The van der Waals surface area contributed by atoms with E-state index in [-0.39, 0.29) is 12.5 Å². The number of benzene rings is 4. The minimum atomic E-state index is -0.154. The van der Waals surface area contributed by atoms with Crippen molar-refractivity contribution in [1.29, 1.82) is 0 Å². The zero-order chi connectivity index (χ0) is 25.5. The van der Waals surface area contributed by atoms with Crippen LogP contribution in [0.1, 0.15) is 12.0 Å². The monoisotopic (exact) mass is 496 g/mol. The Bertz CT molecular complexity index is 1210. The fourth-order valence-electron chi connectivity index (χ4n) is 3.69. The molecule has 0 saturated carbocycles. The normalized spacial score (nSPS) is 10.4. The van der Waals surface area contributed by atoms with Gasteiger partial charge in [-0.3, -0.25) is 4.79 Å². The summed E-state index contributed by atoms with van der Waals surface area (Å²) in [6.07, 6.45) is 1.93. The van der Waals surface area contributed by atoms with E-state index in [9.17, 15) is 4.79 Å². The Morgan fingerprint density at radius 2 is 1.24 bits per heavy atom. The van der Waals surface area contributed by atoms with Crippen LogP contribution < -0.4 is 24.8 Å². The lowest BCUT2D eigenvalue weighted by atomic mass is 10.1. The van der Waals surface area contributed by atoms with Gasteiger partial charge >= 0.3 is 0 Å². The number of hydrogen-bond acceptors (Lipinski definition) is 5. The summed E-state index contributed by atoms with van der Waals surface area (Å²) in [5.41, 5.74) is 2.77. The Hall–Kier alpha value is -4.45. The largest absolute Gasteiger partial charge is 0.494 e. The Morgan fingerprint density at radius 1 is 0.622 bits per heavy atom. The van der Waals surface area contributed by atoms with Crippen LogP contribution in [0.2, 0.25) is 0 Å². The number of anilines is 2. The van der Waals surface area contributed by atoms with Gasteiger partial charge < -0.3 is 24.8 Å². The molecule has 0 fully saturated rings. The van der Waals surface area contributed by atoms with Crippen LogP contribution in [-0.4, -0.2) is 32.3 Å². The van der Waals surface area contributed by atoms with E-state index in [2.05, 4.69) is 34.9 Å². The van der Waals surface area contributed by atoms with Crippen molar-refractivity contribution in [3.8, 4) is 17.2 Å². The smallest absolute Gasteiger partial charge is 0.243 e. The van der Waals surface area contributed by atoms with Crippen molar-refractivity contribution in [3.63, 3.8) is 0 Å². The minimum absolute atomic E-state index is 0.110. The summed E-state index contributed by atoms with van der Waals surface area (Å²) in [6.45, 7) is 1.56. The fraction of sp³-hybridized carbons (Fsp3) is 0.194. The van der Waals surface area contributed by atoms with Crippen LogP contribution in [0, 0.1) is 0 Å². The van der Waals surface area contributed by atoms with Gasteiger partial charge in [0, 0.05) is 5.69 Å². The van der Waals surface area contributed by atoms with Crippen LogP contribution in [0.15, 0.2) is 109 Å². The highest BCUT2D eigenvalue weighted by molar-refractivity contribution is 5.94. The number of aryl methyl sites for hydroxylation is 1. The Morgan fingerprint density at radius 3 is 2.03 bits per heavy atom. The molecule has 0 aliphatic rings. The molecule has 37 heavy (non-hydrogen) atoms.